The molecule has 2 radical (unpaired) electrons. The number of hydrogen-bond acceptors (Lipinski definition) is 7. The lowest BCUT2D eigenvalue weighted by Crippen LogP contribution is -2.48. The average Bonchev–Trinajstić information content (AvgIpc) is 3.38. The summed E-state index contributed by atoms with van der Waals surface area (Å²) in [5, 5.41) is 0.803. The first kappa shape index (κ1) is 27.1. The van der Waals surface area contributed by atoms with E-state index >= 15 is 0 Å². The van der Waals surface area contributed by atoms with Gasteiger partial charge >= 0.3 is 0 Å². The maximum absolute atomic E-state index is 13.5. The molecule has 2 aromatic heterocycles. The van der Waals surface area contributed by atoms with Gasteiger partial charge in [-0.1, -0.05) is 20.8 Å². The number of aromatic nitrogens is 1. The van der Waals surface area contributed by atoms with Crippen LogP contribution in [0.1, 0.15) is 89.6 Å². The molecule has 2 aliphatic rings. The van der Waals surface area contributed by atoms with Gasteiger partial charge in [0.1, 0.15) is 35.9 Å². The maximum atomic E-state index is 13.5. The summed E-state index contributed by atoms with van der Waals surface area (Å²) < 4.78 is 31.4. The van der Waals surface area contributed by atoms with Gasteiger partial charge in [0.05, 0.1) is 16.6 Å². The minimum Gasteiger partial charge on any atom is -0.491 e. The lowest BCUT2D eigenvalue weighted by molar-refractivity contribution is -0.162. The van der Waals surface area contributed by atoms with Crippen LogP contribution in [0.15, 0.2) is 41.1 Å². The van der Waals surface area contributed by atoms with Crippen LogP contribution in [0.5, 0.6) is 5.75 Å². The Morgan fingerprint density at radius 3 is 2.50 bits per heavy atom. The van der Waals surface area contributed by atoms with Gasteiger partial charge in [0, 0.05) is 23.4 Å². The number of furan rings is 1. The second-order valence-electron chi connectivity index (χ2n) is 12.8. The van der Waals surface area contributed by atoms with E-state index < -0.39 is 16.8 Å². The number of carbonyl (C=O) groups excluding carboxylic acids is 1. The molecule has 5 rings (SSSR count). The second-order valence-corrected chi connectivity index (χ2v) is 14.7. The first-order chi connectivity index (χ1) is 17.6. The van der Waals surface area contributed by atoms with E-state index in [1.807, 2.05) is 45.9 Å². The summed E-state index contributed by atoms with van der Waals surface area (Å²) in [7, 11) is 0.320. The van der Waals surface area contributed by atoms with Crippen molar-refractivity contribution in [2.24, 2.45) is 0 Å². The van der Waals surface area contributed by atoms with Crippen molar-refractivity contribution in [2.75, 3.05) is 6.61 Å². The van der Waals surface area contributed by atoms with E-state index in [4.69, 9.17) is 23.1 Å². The van der Waals surface area contributed by atoms with Crippen molar-refractivity contribution in [1.82, 2.24) is 4.98 Å². The Morgan fingerprint density at radius 1 is 1.05 bits per heavy atom. The van der Waals surface area contributed by atoms with Gasteiger partial charge in [-0.05, 0) is 76.4 Å². The molecule has 1 aliphatic carbocycles. The summed E-state index contributed by atoms with van der Waals surface area (Å²) in [5.74, 6) is 0.512. The van der Waals surface area contributed by atoms with Crippen LogP contribution < -0.4 is 4.74 Å². The maximum Gasteiger partial charge on any atom is 0.236 e. The van der Waals surface area contributed by atoms with E-state index in [-0.39, 0.29) is 29.6 Å². The van der Waals surface area contributed by atoms with Crippen molar-refractivity contribution in [3.05, 3.63) is 59.1 Å². The molecular weight excluding hydrogens is 498 g/mol. The summed E-state index contributed by atoms with van der Waals surface area (Å²) in [6, 6.07) is 7.43. The van der Waals surface area contributed by atoms with E-state index in [2.05, 4.69) is 39.6 Å². The lowest BCUT2D eigenvalue weighted by Gasteiger charge is -2.36. The summed E-state index contributed by atoms with van der Waals surface area (Å²) in [6.45, 7) is 18.8. The van der Waals surface area contributed by atoms with Crippen molar-refractivity contribution in [2.45, 2.75) is 96.4 Å². The van der Waals surface area contributed by atoms with Crippen molar-refractivity contribution in [3.63, 3.8) is 0 Å². The molecule has 2 atom stereocenters. The van der Waals surface area contributed by atoms with Gasteiger partial charge in [-0.15, -0.1) is 0 Å². The van der Waals surface area contributed by atoms with E-state index in [1.54, 1.807) is 18.5 Å². The molecule has 202 valence electrons. The number of nitrogens with zero attached hydrogens (tertiary/aromatic N) is 1. The molecule has 38 heavy (non-hydrogen) atoms. The molecule has 1 aromatic carbocycles. The molecule has 0 bridgehead atoms. The van der Waals surface area contributed by atoms with E-state index in [0.717, 1.165) is 10.9 Å². The van der Waals surface area contributed by atoms with Crippen LogP contribution in [0.25, 0.3) is 11.0 Å². The number of rotatable bonds is 6. The standard InChI is InChI=1S/C30H37NO6Si/c1-27(2,3)38-37-29(6,7)25-22(35-30(8,9)36-25)16-33-17-10-11-18-20(14-17)28(4,5)26-23(24(18)32)19-15-31-13-12-21(19)34-26/h10-15,22,25H,16H2,1-9H3/t22-,25-/m1/s1. The molecule has 1 saturated heterocycles. The molecule has 3 aromatic rings. The Bertz CT molecular complexity index is 1380. The summed E-state index contributed by atoms with van der Waals surface area (Å²) >= 11 is 0. The van der Waals surface area contributed by atoms with Gasteiger partial charge in [0.2, 0.25) is 9.76 Å². The lowest BCUT2D eigenvalue weighted by atomic mass is 9.72. The topological polar surface area (TPSA) is 80.0 Å². The minimum absolute atomic E-state index is 0.0551. The third kappa shape index (κ3) is 4.83. The van der Waals surface area contributed by atoms with Gasteiger partial charge in [-0.25, -0.2) is 0 Å². The predicted molar refractivity (Wildman–Crippen MR) is 146 cm³/mol. The monoisotopic (exact) mass is 535 g/mol. The zero-order chi connectivity index (χ0) is 27.7. The summed E-state index contributed by atoms with van der Waals surface area (Å²) in [6.07, 6.45) is 2.73. The van der Waals surface area contributed by atoms with Crippen LogP contribution in [0.4, 0.5) is 0 Å². The summed E-state index contributed by atoms with van der Waals surface area (Å²) in [4.78, 5) is 17.7. The second kappa shape index (κ2) is 9.01. The molecule has 7 nitrogen and oxygen atoms in total. The highest BCUT2D eigenvalue weighted by Gasteiger charge is 2.50. The molecule has 3 heterocycles. The fraction of sp³-hybridized carbons (Fsp3) is 0.533. The van der Waals surface area contributed by atoms with Crippen molar-refractivity contribution in [3.8, 4) is 5.75 Å². The fourth-order valence-electron chi connectivity index (χ4n) is 5.26. The zero-order valence-corrected chi connectivity index (χ0v) is 24.7. The highest BCUT2D eigenvalue weighted by atomic mass is 28.2. The first-order valence-electron chi connectivity index (χ1n) is 13.1. The minimum atomic E-state index is -0.749. The molecule has 0 amide bonds. The van der Waals surface area contributed by atoms with Gasteiger partial charge < -0.3 is 23.1 Å². The van der Waals surface area contributed by atoms with Crippen molar-refractivity contribution in [1.29, 1.82) is 0 Å². The predicted octanol–water partition coefficient (Wildman–Crippen LogP) is 6.23. The number of hydrogen-bond donors (Lipinski definition) is 0. The van der Waals surface area contributed by atoms with Crippen molar-refractivity contribution >= 4 is 26.5 Å². The average molecular weight is 536 g/mol. The fourth-order valence-corrected chi connectivity index (χ4v) is 5.95. The molecule has 0 unspecified atom stereocenters. The molecule has 0 spiro atoms. The third-order valence-corrected chi connectivity index (χ3v) is 8.34. The van der Waals surface area contributed by atoms with Crippen LogP contribution in [0, 0.1) is 0 Å². The van der Waals surface area contributed by atoms with Gasteiger partial charge in [0.15, 0.2) is 11.6 Å². The molecule has 1 fully saturated rings. The van der Waals surface area contributed by atoms with E-state index in [9.17, 15) is 4.79 Å². The van der Waals surface area contributed by atoms with Crippen LogP contribution in [-0.4, -0.2) is 50.7 Å². The van der Waals surface area contributed by atoms with Crippen LogP contribution in [0.2, 0.25) is 5.04 Å². The quantitative estimate of drug-likeness (QED) is 0.346. The number of ketones is 1. The third-order valence-electron chi connectivity index (χ3n) is 7.10. The van der Waals surface area contributed by atoms with E-state index in [1.165, 1.54) is 0 Å². The Morgan fingerprint density at radius 2 is 1.79 bits per heavy atom. The zero-order valence-electron chi connectivity index (χ0n) is 23.7. The van der Waals surface area contributed by atoms with Gasteiger partial charge in [0.25, 0.3) is 0 Å². The molecule has 8 heteroatoms. The number of benzene rings is 1. The Labute approximate surface area is 227 Å². The Balaban J connectivity index is 1.39. The number of fused-ring (bicyclic) bond motifs is 4. The van der Waals surface area contributed by atoms with Crippen LogP contribution in [0.3, 0.4) is 0 Å². The van der Waals surface area contributed by atoms with Gasteiger partial charge in [-0.3, -0.25) is 9.78 Å². The Kier molecular flexibility index (Phi) is 6.42. The molecule has 0 N–H and O–H groups in total. The highest BCUT2D eigenvalue weighted by Crippen LogP contribution is 2.46. The van der Waals surface area contributed by atoms with Gasteiger partial charge in [-0.2, -0.15) is 0 Å². The molecular formula is C30H37NO6Si. The smallest absolute Gasteiger partial charge is 0.236 e. The van der Waals surface area contributed by atoms with Crippen LogP contribution >= 0.6 is 0 Å². The largest absolute Gasteiger partial charge is 0.491 e. The number of pyridine rings is 1. The molecule has 1 aliphatic heterocycles. The number of carbonyl (C=O) groups is 1. The molecule has 0 saturated carbocycles. The Hall–Kier alpha value is -2.52. The normalized spacial score (nSPS) is 22.4. The highest BCUT2D eigenvalue weighted by molar-refractivity contribution is 6.31. The number of ether oxygens (including phenoxy) is 3. The van der Waals surface area contributed by atoms with Crippen molar-refractivity contribution < 1.29 is 27.8 Å². The SMILES string of the molecule is CC1(C)O[C@@H](C(C)(C)O[Si]C(C)(C)C)[C@@H](COc2ccc3c(c2)C(C)(C)c2oc4ccncc4c2C3=O)O1. The first-order valence-corrected chi connectivity index (χ1v) is 14.0. The van der Waals surface area contributed by atoms with Crippen LogP contribution in [-0.2, 0) is 19.3 Å². The van der Waals surface area contributed by atoms with E-state index in [0.29, 0.717) is 38.0 Å². The summed E-state index contributed by atoms with van der Waals surface area (Å²) in [5.41, 5.74) is 1.69.